The average molecular weight is 273 g/mol. The van der Waals surface area contributed by atoms with Gasteiger partial charge >= 0.3 is 5.97 Å². The summed E-state index contributed by atoms with van der Waals surface area (Å²) < 4.78 is 5.17. The number of rotatable bonds is 6. The Morgan fingerprint density at radius 1 is 1.15 bits per heavy atom. The molecule has 0 spiro atoms. The minimum Gasteiger partial charge on any atom is -0.461 e. The van der Waals surface area contributed by atoms with Crippen LogP contribution in [-0.4, -0.2) is 38.1 Å². The number of likely N-dealkylation sites (N-methyl/N-ethyl adjacent to an activating group) is 1. The van der Waals surface area contributed by atoms with Crippen LogP contribution in [0.25, 0.3) is 5.57 Å². The second-order valence-corrected chi connectivity index (χ2v) is 5.00. The number of hydrogen-bond acceptors (Lipinski definition) is 3. The zero-order valence-electron chi connectivity index (χ0n) is 12.7. The SMILES string of the molecule is CC(=CC=C(C)c1ccccc1)C(=O)OCCN(C)C. The van der Waals surface area contributed by atoms with Gasteiger partial charge in [-0.1, -0.05) is 42.5 Å². The van der Waals surface area contributed by atoms with Crippen LogP contribution in [0.4, 0.5) is 0 Å². The number of hydrogen-bond donors (Lipinski definition) is 0. The molecule has 1 aromatic rings. The van der Waals surface area contributed by atoms with Gasteiger partial charge in [0, 0.05) is 12.1 Å². The lowest BCUT2D eigenvalue weighted by atomic mass is 10.1. The molecule has 0 fully saturated rings. The van der Waals surface area contributed by atoms with Crippen molar-refractivity contribution < 1.29 is 9.53 Å². The first-order chi connectivity index (χ1) is 9.50. The Bertz CT molecular complexity index is 487. The van der Waals surface area contributed by atoms with Crippen molar-refractivity contribution in [3.8, 4) is 0 Å². The normalized spacial score (nSPS) is 12.7. The lowest BCUT2D eigenvalue weighted by Gasteiger charge is -2.09. The van der Waals surface area contributed by atoms with Crippen molar-refractivity contribution >= 4 is 11.5 Å². The number of nitrogens with zero attached hydrogens (tertiary/aromatic N) is 1. The molecule has 0 saturated heterocycles. The summed E-state index contributed by atoms with van der Waals surface area (Å²) in [6.07, 6.45) is 3.75. The van der Waals surface area contributed by atoms with E-state index >= 15 is 0 Å². The minimum atomic E-state index is -0.260. The van der Waals surface area contributed by atoms with Crippen LogP contribution in [-0.2, 0) is 9.53 Å². The molecule has 3 nitrogen and oxygen atoms in total. The Morgan fingerprint density at radius 2 is 1.80 bits per heavy atom. The lowest BCUT2D eigenvalue weighted by Crippen LogP contribution is -2.20. The van der Waals surface area contributed by atoms with Crippen LogP contribution >= 0.6 is 0 Å². The highest BCUT2D eigenvalue weighted by Gasteiger charge is 2.04. The summed E-state index contributed by atoms with van der Waals surface area (Å²) in [7, 11) is 3.89. The summed E-state index contributed by atoms with van der Waals surface area (Å²) in [6.45, 7) is 4.94. The van der Waals surface area contributed by atoms with Crippen LogP contribution in [0.5, 0.6) is 0 Å². The van der Waals surface area contributed by atoms with Crippen molar-refractivity contribution in [1.29, 1.82) is 0 Å². The van der Waals surface area contributed by atoms with Gasteiger partial charge in [-0.3, -0.25) is 0 Å². The summed E-state index contributed by atoms with van der Waals surface area (Å²) in [6, 6.07) is 10.1. The molecule has 1 rings (SSSR count). The average Bonchev–Trinajstić information content (AvgIpc) is 2.44. The number of benzene rings is 1. The van der Waals surface area contributed by atoms with E-state index in [0.717, 1.165) is 17.7 Å². The molecule has 0 unspecified atom stereocenters. The van der Waals surface area contributed by atoms with E-state index < -0.39 is 0 Å². The van der Waals surface area contributed by atoms with Crippen molar-refractivity contribution in [2.24, 2.45) is 0 Å². The predicted molar refractivity (Wildman–Crippen MR) is 83.4 cm³/mol. The fraction of sp³-hybridized carbons (Fsp3) is 0.353. The summed E-state index contributed by atoms with van der Waals surface area (Å²) >= 11 is 0. The summed E-state index contributed by atoms with van der Waals surface area (Å²) in [4.78, 5) is 13.7. The molecule has 20 heavy (non-hydrogen) atoms. The molecule has 0 aliphatic carbocycles. The van der Waals surface area contributed by atoms with E-state index in [1.807, 2.05) is 62.3 Å². The van der Waals surface area contributed by atoms with Crippen molar-refractivity contribution in [1.82, 2.24) is 4.90 Å². The van der Waals surface area contributed by atoms with E-state index in [-0.39, 0.29) is 5.97 Å². The number of carbonyl (C=O) groups is 1. The number of allylic oxidation sites excluding steroid dienone is 3. The second-order valence-electron chi connectivity index (χ2n) is 5.00. The first kappa shape index (κ1) is 16.2. The molecule has 0 atom stereocenters. The summed E-state index contributed by atoms with van der Waals surface area (Å²) in [5, 5.41) is 0. The van der Waals surface area contributed by atoms with Gasteiger partial charge in [-0.15, -0.1) is 0 Å². The van der Waals surface area contributed by atoms with Crippen LogP contribution in [0.1, 0.15) is 19.4 Å². The Labute approximate surface area is 121 Å². The second kappa shape index (κ2) is 8.33. The van der Waals surface area contributed by atoms with Gasteiger partial charge in [-0.05, 0) is 39.1 Å². The van der Waals surface area contributed by atoms with Crippen LogP contribution in [0.15, 0.2) is 48.1 Å². The highest BCUT2D eigenvalue weighted by Crippen LogP contribution is 2.13. The van der Waals surface area contributed by atoms with Crippen molar-refractivity contribution in [3.05, 3.63) is 53.6 Å². The van der Waals surface area contributed by atoms with Crippen molar-refractivity contribution in [2.45, 2.75) is 13.8 Å². The maximum absolute atomic E-state index is 11.7. The Morgan fingerprint density at radius 3 is 2.40 bits per heavy atom. The molecule has 0 bridgehead atoms. The third kappa shape index (κ3) is 5.85. The van der Waals surface area contributed by atoms with E-state index in [1.165, 1.54) is 0 Å². The van der Waals surface area contributed by atoms with Crippen molar-refractivity contribution in [3.63, 3.8) is 0 Å². The van der Waals surface area contributed by atoms with Gasteiger partial charge in [-0.25, -0.2) is 4.79 Å². The summed E-state index contributed by atoms with van der Waals surface area (Å²) in [5.74, 6) is -0.260. The number of ether oxygens (including phenoxy) is 1. The highest BCUT2D eigenvalue weighted by molar-refractivity contribution is 5.88. The number of carbonyl (C=O) groups excluding carboxylic acids is 1. The molecule has 108 valence electrons. The molecule has 0 heterocycles. The third-order valence-corrected chi connectivity index (χ3v) is 2.91. The van der Waals surface area contributed by atoms with Gasteiger partial charge in [0.15, 0.2) is 0 Å². The smallest absolute Gasteiger partial charge is 0.333 e. The zero-order chi connectivity index (χ0) is 15.0. The van der Waals surface area contributed by atoms with Gasteiger partial charge in [0.2, 0.25) is 0 Å². The molecular weight excluding hydrogens is 250 g/mol. The first-order valence-corrected chi connectivity index (χ1v) is 6.73. The Hall–Kier alpha value is -1.87. The van der Waals surface area contributed by atoms with Gasteiger partial charge in [0.05, 0.1) is 0 Å². The zero-order valence-corrected chi connectivity index (χ0v) is 12.7. The fourth-order valence-electron chi connectivity index (χ4n) is 1.55. The molecular formula is C17H23NO2. The van der Waals surface area contributed by atoms with Gasteiger partial charge < -0.3 is 9.64 Å². The van der Waals surface area contributed by atoms with E-state index in [1.54, 1.807) is 13.0 Å². The Kier molecular flexibility index (Phi) is 6.74. The van der Waals surface area contributed by atoms with Crippen LogP contribution in [0.2, 0.25) is 0 Å². The molecule has 0 saturated carbocycles. The lowest BCUT2D eigenvalue weighted by molar-refractivity contribution is -0.139. The highest BCUT2D eigenvalue weighted by atomic mass is 16.5. The van der Waals surface area contributed by atoms with Gasteiger partial charge in [0.1, 0.15) is 6.61 Å². The predicted octanol–water partition coefficient (Wildman–Crippen LogP) is 3.14. The number of esters is 1. The fourth-order valence-corrected chi connectivity index (χ4v) is 1.55. The van der Waals surface area contributed by atoms with Crippen LogP contribution in [0.3, 0.4) is 0 Å². The standard InChI is InChI=1S/C17H23NO2/c1-14(16-8-6-5-7-9-16)10-11-15(2)17(19)20-13-12-18(3)4/h5-11H,12-13H2,1-4H3. The molecule has 0 N–H and O–H groups in total. The minimum absolute atomic E-state index is 0.260. The van der Waals surface area contributed by atoms with Crippen LogP contribution < -0.4 is 0 Å². The third-order valence-electron chi connectivity index (χ3n) is 2.91. The van der Waals surface area contributed by atoms with E-state index in [4.69, 9.17) is 4.74 Å². The molecule has 0 aromatic heterocycles. The van der Waals surface area contributed by atoms with E-state index in [2.05, 4.69) is 0 Å². The molecule has 0 radical (unpaired) electrons. The molecule has 0 aliphatic heterocycles. The van der Waals surface area contributed by atoms with Gasteiger partial charge in [0.25, 0.3) is 0 Å². The molecule has 1 aromatic carbocycles. The van der Waals surface area contributed by atoms with E-state index in [9.17, 15) is 4.79 Å². The van der Waals surface area contributed by atoms with Crippen LogP contribution in [0, 0.1) is 0 Å². The Balaban J connectivity index is 2.58. The maximum atomic E-state index is 11.7. The van der Waals surface area contributed by atoms with Crippen molar-refractivity contribution in [2.75, 3.05) is 27.2 Å². The topological polar surface area (TPSA) is 29.5 Å². The van der Waals surface area contributed by atoms with Gasteiger partial charge in [-0.2, -0.15) is 0 Å². The molecule has 3 heteroatoms. The first-order valence-electron chi connectivity index (χ1n) is 6.73. The monoisotopic (exact) mass is 273 g/mol. The van der Waals surface area contributed by atoms with E-state index in [0.29, 0.717) is 12.2 Å². The maximum Gasteiger partial charge on any atom is 0.333 e. The quantitative estimate of drug-likeness (QED) is 0.453. The largest absolute Gasteiger partial charge is 0.461 e. The molecule has 0 amide bonds. The summed E-state index contributed by atoms with van der Waals surface area (Å²) in [5.41, 5.74) is 2.88. The molecule has 0 aliphatic rings.